The van der Waals surface area contributed by atoms with Gasteiger partial charge in [-0.15, -0.1) is 0 Å². The van der Waals surface area contributed by atoms with Crippen molar-refractivity contribution >= 4 is 50.7 Å². The van der Waals surface area contributed by atoms with Gasteiger partial charge in [0, 0.05) is 20.0 Å². The minimum Gasteiger partial charge on any atom is -0.357 e. The molecule has 0 saturated heterocycles. The monoisotopic (exact) mass is 681 g/mol. The van der Waals surface area contributed by atoms with E-state index < -0.39 is 28.5 Å². The van der Waals surface area contributed by atoms with Crippen molar-refractivity contribution in [1.29, 1.82) is 0 Å². The van der Waals surface area contributed by atoms with Crippen LogP contribution in [0.2, 0.25) is 10.0 Å². The van der Waals surface area contributed by atoms with E-state index in [1.807, 2.05) is 42.5 Å². The fraction of sp³-hybridized carbons (Fsp3) is 0.444. The summed E-state index contributed by atoms with van der Waals surface area (Å²) in [5, 5.41) is 3.38. The van der Waals surface area contributed by atoms with Gasteiger partial charge in [0.05, 0.1) is 22.0 Å². The Hall–Kier alpha value is -3.07. The first kappa shape index (κ1) is 32.9. The number of halogens is 2. The fourth-order valence-electron chi connectivity index (χ4n) is 8.61. The molecule has 1 unspecified atom stereocenters. The second-order valence-electron chi connectivity index (χ2n) is 13.6. The second-order valence-corrected chi connectivity index (χ2v) is 16.3. The molecule has 244 valence electrons. The molecule has 10 heteroatoms. The van der Waals surface area contributed by atoms with Crippen molar-refractivity contribution < 1.29 is 18.0 Å². The summed E-state index contributed by atoms with van der Waals surface area (Å²) in [6.07, 6.45) is 9.02. The molecule has 7 nitrogen and oxygen atoms in total. The van der Waals surface area contributed by atoms with Gasteiger partial charge < -0.3 is 10.2 Å². The van der Waals surface area contributed by atoms with E-state index in [0.29, 0.717) is 21.3 Å². The van der Waals surface area contributed by atoms with Gasteiger partial charge in [0.2, 0.25) is 21.8 Å². The average molecular weight is 683 g/mol. The van der Waals surface area contributed by atoms with E-state index in [4.69, 9.17) is 23.2 Å². The molecule has 4 saturated carbocycles. The molecule has 3 aromatic rings. The third kappa shape index (κ3) is 6.95. The molecule has 1 N–H and O–H groups in total. The number of benzene rings is 3. The highest BCUT2D eigenvalue weighted by Gasteiger charge is 2.51. The van der Waals surface area contributed by atoms with E-state index in [-0.39, 0.29) is 24.3 Å². The highest BCUT2D eigenvalue weighted by atomic mass is 35.5. The van der Waals surface area contributed by atoms with Crippen molar-refractivity contribution in [3.8, 4) is 0 Å². The molecule has 0 aromatic heterocycles. The molecule has 0 spiro atoms. The van der Waals surface area contributed by atoms with Crippen molar-refractivity contribution in [3.63, 3.8) is 0 Å². The lowest BCUT2D eigenvalue weighted by Gasteiger charge is -2.57. The van der Waals surface area contributed by atoms with E-state index in [1.165, 1.54) is 56.0 Å². The summed E-state index contributed by atoms with van der Waals surface area (Å²) in [4.78, 5) is 29.0. The Labute approximate surface area is 282 Å². The quantitative estimate of drug-likeness (QED) is 0.247. The van der Waals surface area contributed by atoms with E-state index >= 15 is 0 Å². The van der Waals surface area contributed by atoms with Gasteiger partial charge in [0.15, 0.2) is 0 Å². The third-order valence-corrected chi connectivity index (χ3v) is 12.2. The lowest BCUT2D eigenvalue weighted by molar-refractivity contribution is -0.139. The highest BCUT2D eigenvalue weighted by molar-refractivity contribution is 7.92. The van der Waals surface area contributed by atoms with Crippen LogP contribution >= 0.6 is 23.2 Å². The maximum Gasteiger partial charge on any atom is 0.244 e. The third-order valence-electron chi connectivity index (χ3n) is 10.3. The number of sulfonamides is 1. The van der Waals surface area contributed by atoms with Crippen molar-refractivity contribution in [2.75, 3.05) is 24.2 Å². The topological polar surface area (TPSA) is 86.8 Å². The van der Waals surface area contributed by atoms with Gasteiger partial charge in [0.1, 0.15) is 12.6 Å². The van der Waals surface area contributed by atoms with E-state index in [2.05, 4.69) is 17.4 Å². The molecule has 46 heavy (non-hydrogen) atoms. The minimum atomic E-state index is -3.85. The summed E-state index contributed by atoms with van der Waals surface area (Å²) in [7, 11) is -2.33. The smallest absolute Gasteiger partial charge is 0.244 e. The van der Waals surface area contributed by atoms with Crippen LogP contribution in [-0.2, 0) is 38.0 Å². The molecule has 0 aliphatic heterocycles. The van der Waals surface area contributed by atoms with Crippen molar-refractivity contribution in [2.24, 2.45) is 17.8 Å². The van der Waals surface area contributed by atoms with Crippen LogP contribution in [0, 0.1) is 17.8 Å². The Bertz CT molecular complexity index is 1660. The lowest BCUT2D eigenvalue weighted by Crippen LogP contribution is -2.52. The molecule has 4 fully saturated rings. The van der Waals surface area contributed by atoms with Gasteiger partial charge in [-0.05, 0) is 103 Å². The van der Waals surface area contributed by atoms with Crippen molar-refractivity contribution in [2.45, 2.75) is 62.9 Å². The van der Waals surface area contributed by atoms with Crippen LogP contribution < -0.4 is 9.62 Å². The molecule has 3 aromatic carbocycles. The number of carbonyl (C=O) groups is 2. The fourth-order valence-corrected chi connectivity index (χ4v) is 9.78. The van der Waals surface area contributed by atoms with Crippen LogP contribution in [0.5, 0.6) is 0 Å². The molecule has 2 amide bonds. The number of likely N-dealkylation sites (N-methyl/N-ethyl adjacent to an activating group) is 1. The first-order chi connectivity index (χ1) is 21.9. The average Bonchev–Trinajstić information content (AvgIpc) is 3.02. The van der Waals surface area contributed by atoms with Gasteiger partial charge in [-0.1, -0.05) is 71.7 Å². The van der Waals surface area contributed by atoms with E-state index in [0.717, 1.165) is 33.9 Å². The van der Waals surface area contributed by atoms with Gasteiger partial charge in [-0.25, -0.2) is 8.42 Å². The maximum atomic E-state index is 14.3. The number of rotatable bonds is 11. The van der Waals surface area contributed by atoms with Crippen LogP contribution in [0.4, 0.5) is 5.69 Å². The van der Waals surface area contributed by atoms with Crippen LogP contribution in [0.1, 0.15) is 55.2 Å². The van der Waals surface area contributed by atoms with Crippen molar-refractivity contribution in [1.82, 2.24) is 10.2 Å². The lowest BCUT2D eigenvalue weighted by atomic mass is 9.48. The minimum absolute atomic E-state index is 0.0310. The molecule has 4 bridgehead atoms. The summed E-state index contributed by atoms with van der Waals surface area (Å²) in [6.45, 7) is -0.428. The molecular formula is C36H41Cl2N3O4S. The largest absolute Gasteiger partial charge is 0.357 e. The summed E-state index contributed by atoms with van der Waals surface area (Å²) in [6, 6.07) is 21.4. The maximum absolute atomic E-state index is 14.3. The first-order valence-corrected chi connectivity index (χ1v) is 18.6. The predicted molar refractivity (Wildman–Crippen MR) is 183 cm³/mol. The Morgan fingerprint density at radius 1 is 0.870 bits per heavy atom. The number of nitrogens with zero attached hydrogens (tertiary/aromatic N) is 2. The second kappa shape index (κ2) is 13.2. The number of hydrogen-bond donors (Lipinski definition) is 1. The molecule has 4 aliphatic carbocycles. The number of amides is 2. The number of anilines is 1. The van der Waals surface area contributed by atoms with Gasteiger partial charge >= 0.3 is 0 Å². The highest BCUT2D eigenvalue weighted by Crippen LogP contribution is 2.60. The van der Waals surface area contributed by atoms with Crippen LogP contribution in [-0.4, -0.2) is 51.0 Å². The first-order valence-electron chi connectivity index (χ1n) is 16.0. The summed E-state index contributed by atoms with van der Waals surface area (Å²) in [5.41, 5.74) is 3.41. The van der Waals surface area contributed by atoms with Crippen LogP contribution in [0.15, 0.2) is 72.8 Å². The number of hydrogen-bond acceptors (Lipinski definition) is 4. The summed E-state index contributed by atoms with van der Waals surface area (Å²) >= 11 is 12.5. The van der Waals surface area contributed by atoms with Crippen molar-refractivity contribution in [3.05, 3.63) is 99.5 Å². The Morgan fingerprint density at radius 2 is 1.48 bits per heavy atom. The number of carbonyl (C=O) groups excluding carboxylic acids is 2. The summed E-state index contributed by atoms with van der Waals surface area (Å²) in [5.74, 6) is 1.51. The molecular weight excluding hydrogens is 641 g/mol. The zero-order valence-corrected chi connectivity index (χ0v) is 28.6. The predicted octanol–water partition coefficient (Wildman–Crippen LogP) is 6.61. The Kier molecular flexibility index (Phi) is 9.43. The summed E-state index contributed by atoms with van der Waals surface area (Å²) < 4.78 is 27.6. The SMILES string of the molecule is CNC(=O)C(Cc1ccccc1)N(Cc1ccc(Cl)c(Cl)c1)C(=O)CN(c1ccc(C23CC4CC(CC(C4)C2)C3)cc1)S(C)(=O)=O. The Morgan fingerprint density at radius 3 is 2.02 bits per heavy atom. The van der Waals surface area contributed by atoms with Gasteiger partial charge in [-0.3, -0.25) is 13.9 Å². The van der Waals surface area contributed by atoms with Crippen LogP contribution in [0.3, 0.4) is 0 Å². The van der Waals surface area contributed by atoms with Crippen LogP contribution in [0.25, 0.3) is 0 Å². The standard InChI is InChI=1S/C36H41Cl2N3O4S/c1-39-35(43)33(18-24-6-4-3-5-7-24)40(22-25-8-13-31(37)32(38)17-25)34(42)23-41(46(2,44)45)30-11-9-29(10-12-30)36-19-26-14-27(20-36)16-28(15-26)21-36/h3-13,17,26-28,33H,14-16,18-23H2,1-2H3,(H,39,43). The molecule has 1 atom stereocenters. The van der Waals surface area contributed by atoms with Gasteiger partial charge in [0.25, 0.3) is 0 Å². The molecule has 7 rings (SSSR count). The molecule has 0 radical (unpaired) electrons. The molecule has 4 aliphatic rings. The van der Waals surface area contributed by atoms with E-state index in [9.17, 15) is 18.0 Å². The molecule has 0 heterocycles. The zero-order valence-electron chi connectivity index (χ0n) is 26.3. The van der Waals surface area contributed by atoms with E-state index in [1.54, 1.807) is 18.2 Å². The number of nitrogens with one attached hydrogen (secondary N) is 1. The normalized spacial score (nSPS) is 24.0. The zero-order chi connectivity index (χ0) is 32.6. The van der Waals surface area contributed by atoms with Gasteiger partial charge in [-0.2, -0.15) is 0 Å². The Balaban J connectivity index is 1.30.